The van der Waals surface area contributed by atoms with Crippen molar-refractivity contribution in [2.24, 2.45) is 7.05 Å². The number of hydrogen-bond donors (Lipinski definition) is 1. The lowest BCUT2D eigenvalue weighted by Crippen LogP contribution is -2.28. The molecule has 1 atom stereocenters. The van der Waals surface area contributed by atoms with Crippen LogP contribution in [0.5, 0.6) is 0 Å². The Morgan fingerprint density at radius 1 is 1.17 bits per heavy atom. The van der Waals surface area contributed by atoms with E-state index in [9.17, 15) is 14.4 Å². The second-order valence-corrected chi connectivity index (χ2v) is 9.31. The average Bonchev–Trinajstić information content (AvgIpc) is 3.58. The van der Waals surface area contributed by atoms with Crippen LogP contribution in [0.1, 0.15) is 67.1 Å². The number of fused-ring (bicyclic) bond motifs is 1. The Bertz CT molecular complexity index is 1370. The molecule has 3 heterocycles. The normalized spacial score (nSPS) is 12.1. The first kappa shape index (κ1) is 24.5. The maximum absolute atomic E-state index is 13.0. The quantitative estimate of drug-likeness (QED) is 0.294. The molecule has 0 saturated heterocycles. The first-order chi connectivity index (χ1) is 17.0. The number of nitrogens with one attached hydrogen (secondary N) is 1. The van der Waals surface area contributed by atoms with E-state index < -0.39 is 6.04 Å². The van der Waals surface area contributed by atoms with Crippen LogP contribution in [0.25, 0.3) is 22.2 Å². The minimum Gasteiger partial charge on any atom is -0.438 e. The van der Waals surface area contributed by atoms with E-state index in [-0.39, 0.29) is 17.2 Å². The molecule has 0 aliphatic rings. The molecule has 0 bridgehead atoms. The van der Waals surface area contributed by atoms with Crippen molar-refractivity contribution in [3.8, 4) is 11.3 Å². The third-order valence-corrected chi connectivity index (χ3v) is 6.80. The van der Waals surface area contributed by atoms with Gasteiger partial charge in [-0.2, -0.15) is 0 Å². The third kappa shape index (κ3) is 5.74. The van der Waals surface area contributed by atoms with Crippen molar-refractivity contribution in [3.63, 3.8) is 0 Å². The average molecular weight is 493 g/mol. The molecule has 1 amide bonds. The summed E-state index contributed by atoms with van der Waals surface area (Å²) in [4.78, 5) is 46.2. The number of Topliss-reactive ketones (excluding diaryl/α,β-unsaturated/α-hetero) is 1. The summed E-state index contributed by atoms with van der Waals surface area (Å²) in [6, 6.07) is 8.98. The Labute approximate surface area is 207 Å². The Morgan fingerprint density at radius 2 is 2.00 bits per heavy atom. The van der Waals surface area contributed by atoms with Gasteiger partial charge in [0.05, 0.1) is 29.0 Å². The van der Waals surface area contributed by atoms with Crippen LogP contribution in [0.4, 0.5) is 0 Å². The lowest BCUT2D eigenvalue weighted by molar-refractivity contribution is -0.118. The zero-order chi connectivity index (χ0) is 24.8. The number of carbonyl (C=O) groups excluding carboxylic acids is 2. The van der Waals surface area contributed by atoms with Crippen molar-refractivity contribution in [2.45, 2.75) is 51.5 Å². The Morgan fingerprint density at radius 3 is 2.77 bits per heavy atom. The smallest absolute Gasteiger partial charge is 0.263 e. The number of rotatable bonds is 11. The highest BCUT2D eigenvalue weighted by Gasteiger charge is 2.23. The zero-order valence-electron chi connectivity index (χ0n) is 19.8. The second kappa shape index (κ2) is 11.2. The van der Waals surface area contributed by atoms with Crippen LogP contribution in [-0.4, -0.2) is 26.2 Å². The number of amides is 1. The molecule has 4 rings (SSSR count). The molecule has 0 aliphatic carbocycles. The van der Waals surface area contributed by atoms with E-state index in [1.165, 1.54) is 23.7 Å². The predicted octanol–water partition coefficient (Wildman–Crippen LogP) is 5.05. The third-order valence-electron chi connectivity index (χ3n) is 6.02. The van der Waals surface area contributed by atoms with E-state index in [0.29, 0.717) is 41.4 Å². The number of pyridine rings is 1. The van der Waals surface area contributed by atoms with Crippen LogP contribution in [0, 0.1) is 0 Å². The van der Waals surface area contributed by atoms with Crippen molar-refractivity contribution in [3.05, 3.63) is 69.4 Å². The number of oxazole rings is 1. The highest BCUT2D eigenvalue weighted by Crippen LogP contribution is 2.27. The number of thiazole rings is 1. The monoisotopic (exact) mass is 492 g/mol. The van der Waals surface area contributed by atoms with E-state index in [4.69, 9.17) is 4.42 Å². The minimum atomic E-state index is -0.468. The number of aryl methyl sites for hydroxylation is 1. The number of aromatic nitrogens is 3. The molecule has 0 spiro atoms. The molecule has 1 N–H and O–H groups in total. The number of benzene rings is 1. The summed E-state index contributed by atoms with van der Waals surface area (Å²) in [6.07, 6.45) is 7.24. The van der Waals surface area contributed by atoms with Crippen LogP contribution < -0.4 is 10.9 Å². The SMILES string of the molecule is CCC(=O)CCCCCC(NC(=O)c1cncs1)c1ncc(-c2cc3ccccc3n(C)c2=O)o1. The van der Waals surface area contributed by atoms with Gasteiger partial charge in [-0.15, -0.1) is 11.3 Å². The van der Waals surface area contributed by atoms with Crippen molar-refractivity contribution in [2.75, 3.05) is 0 Å². The van der Waals surface area contributed by atoms with Gasteiger partial charge in [-0.1, -0.05) is 38.0 Å². The fraction of sp³-hybridized carbons (Fsp3) is 0.346. The van der Waals surface area contributed by atoms with E-state index in [1.807, 2.05) is 31.2 Å². The van der Waals surface area contributed by atoms with Gasteiger partial charge >= 0.3 is 0 Å². The minimum absolute atomic E-state index is 0.183. The van der Waals surface area contributed by atoms with Crippen molar-refractivity contribution in [1.29, 1.82) is 0 Å². The first-order valence-electron chi connectivity index (χ1n) is 11.7. The topological polar surface area (TPSA) is 107 Å². The molecule has 35 heavy (non-hydrogen) atoms. The van der Waals surface area contributed by atoms with Gasteiger partial charge in [-0.25, -0.2) is 4.98 Å². The molecule has 1 aromatic carbocycles. The zero-order valence-corrected chi connectivity index (χ0v) is 20.6. The van der Waals surface area contributed by atoms with Gasteiger partial charge < -0.3 is 14.3 Å². The summed E-state index contributed by atoms with van der Waals surface area (Å²) in [5.74, 6) is 0.712. The number of hydrogen-bond acceptors (Lipinski definition) is 7. The number of para-hydroxylation sites is 1. The number of unbranched alkanes of at least 4 members (excludes halogenated alkanes) is 2. The molecule has 9 heteroatoms. The standard InChI is InChI=1S/C26H28N4O4S/c1-3-18(31)10-5-4-6-11-20(29-24(32)23-15-27-16-35-23)25-28-14-22(34-25)19-13-17-9-7-8-12-21(17)30(2)26(19)33/h7-9,12-16,20H,3-6,10-11H2,1-2H3,(H,29,32). The lowest BCUT2D eigenvalue weighted by atomic mass is 10.0. The van der Waals surface area contributed by atoms with Gasteiger partial charge in [0, 0.05) is 19.9 Å². The predicted molar refractivity (Wildman–Crippen MR) is 135 cm³/mol. The van der Waals surface area contributed by atoms with E-state index >= 15 is 0 Å². The van der Waals surface area contributed by atoms with Crippen molar-refractivity contribution < 1.29 is 14.0 Å². The molecular weight excluding hydrogens is 464 g/mol. The lowest BCUT2D eigenvalue weighted by Gasteiger charge is -2.15. The molecule has 0 fully saturated rings. The van der Waals surface area contributed by atoms with Crippen LogP contribution in [-0.2, 0) is 11.8 Å². The van der Waals surface area contributed by atoms with Gasteiger partial charge in [0.2, 0.25) is 5.89 Å². The maximum atomic E-state index is 13.0. The summed E-state index contributed by atoms with van der Waals surface area (Å²) in [5.41, 5.74) is 2.66. The molecule has 0 aliphatic heterocycles. The maximum Gasteiger partial charge on any atom is 0.263 e. The molecule has 3 aromatic heterocycles. The van der Waals surface area contributed by atoms with Gasteiger partial charge in [-0.3, -0.25) is 19.4 Å². The van der Waals surface area contributed by atoms with Crippen molar-refractivity contribution in [1.82, 2.24) is 19.9 Å². The molecule has 182 valence electrons. The molecular formula is C26H28N4O4S. The fourth-order valence-electron chi connectivity index (χ4n) is 4.01. The molecule has 0 saturated carbocycles. The van der Waals surface area contributed by atoms with E-state index in [2.05, 4.69) is 15.3 Å². The van der Waals surface area contributed by atoms with Gasteiger partial charge in [-0.05, 0) is 30.4 Å². The fourth-order valence-corrected chi connectivity index (χ4v) is 4.53. The summed E-state index contributed by atoms with van der Waals surface area (Å²) >= 11 is 1.26. The number of ketones is 1. The summed E-state index contributed by atoms with van der Waals surface area (Å²) in [5, 5.41) is 3.91. The van der Waals surface area contributed by atoms with Crippen molar-refractivity contribution >= 4 is 33.9 Å². The van der Waals surface area contributed by atoms with Crippen LogP contribution in [0.3, 0.4) is 0 Å². The number of carbonyl (C=O) groups is 2. The molecule has 0 radical (unpaired) electrons. The van der Waals surface area contributed by atoms with Gasteiger partial charge in [0.15, 0.2) is 5.76 Å². The molecule has 1 unspecified atom stereocenters. The highest BCUT2D eigenvalue weighted by atomic mass is 32.1. The Balaban J connectivity index is 1.56. The summed E-state index contributed by atoms with van der Waals surface area (Å²) < 4.78 is 7.63. The highest BCUT2D eigenvalue weighted by molar-refractivity contribution is 7.11. The van der Waals surface area contributed by atoms with E-state index in [1.54, 1.807) is 23.2 Å². The Kier molecular flexibility index (Phi) is 7.87. The van der Waals surface area contributed by atoms with Gasteiger partial charge in [0.1, 0.15) is 16.7 Å². The molecule has 4 aromatic rings. The van der Waals surface area contributed by atoms with Crippen LogP contribution >= 0.6 is 11.3 Å². The largest absolute Gasteiger partial charge is 0.438 e. The summed E-state index contributed by atoms with van der Waals surface area (Å²) in [6.45, 7) is 1.87. The van der Waals surface area contributed by atoms with Crippen LogP contribution in [0.2, 0.25) is 0 Å². The second-order valence-electron chi connectivity index (χ2n) is 8.43. The van der Waals surface area contributed by atoms with E-state index in [0.717, 1.165) is 30.2 Å². The first-order valence-corrected chi connectivity index (χ1v) is 12.6. The summed E-state index contributed by atoms with van der Waals surface area (Å²) in [7, 11) is 1.73. The van der Waals surface area contributed by atoms with Crippen LogP contribution in [0.15, 0.2) is 57.4 Å². The number of nitrogens with zero attached hydrogens (tertiary/aromatic N) is 3. The Hall–Kier alpha value is -3.59. The molecule has 8 nitrogen and oxygen atoms in total. The van der Waals surface area contributed by atoms with Gasteiger partial charge in [0.25, 0.3) is 11.5 Å².